The van der Waals surface area contributed by atoms with Gasteiger partial charge in [-0.2, -0.15) is 10.2 Å². The Morgan fingerprint density at radius 3 is 2.32 bits per heavy atom. The molecule has 0 saturated heterocycles. The topological polar surface area (TPSA) is 93.4 Å². The Labute approximate surface area is 131 Å². The molecule has 0 aliphatic heterocycles. The third kappa shape index (κ3) is 4.58. The highest BCUT2D eigenvalue weighted by atomic mass is 16.4. The number of hydrogen-bond acceptors (Lipinski definition) is 5. The van der Waals surface area contributed by atoms with Crippen LogP contribution in [0.1, 0.15) is 47.4 Å². The molecule has 1 heterocycles. The van der Waals surface area contributed by atoms with Crippen LogP contribution in [0.4, 0.5) is 10.6 Å². The Morgan fingerprint density at radius 2 is 1.91 bits per heavy atom. The number of nitrogens with zero attached hydrogens (tertiary/aromatic N) is 5. The molecule has 120 valence electrons. The molecule has 1 aromatic heterocycles. The van der Waals surface area contributed by atoms with Crippen LogP contribution in [-0.4, -0.2) is 38.3 Å². The van der Waals surface area contributed by atoms with Gasteiger partial charge in [-0.15, -0.1) is 0 Å². The summed E-state index contributed by atoms with van der Waals surface area (Å²) in [5.74, 6) is 0.398. The van der Waals surface area contributed by atoms with Gasteiger partial charge in [0, 0.05) is 18.8 Å². The lowest BCUT2D eigenvalue weighted by atomic mass is 9.96. The molecule has 1 N–H and O–H groups in total. The van der Waals surface area contributed by atoms with Crippen molar-refractivity contribution in [1.29, 1.82) is 5.26 Å². The molecule has 22 heavy (non-hydrogen) atoms. The number of carboxylic acid groups (broad SMARTS) is 1. The Morgan fingerprint density at radius 1 is 1.32 bits per heavy atom. The summed E-state index contributed by atoms with van der Waals surface area (Å²) in [6.07, 6.45) is 0.382. The Bertz CT molecular complexity index is 581. The molecular weight excluding hydrogens is 282 g/mol. The van der Waals surface area contributed by atoms with Crippen molar-refractivity contribution >= 4 is 11.9 Å². The first kappa shape index (κ1) is 17.7. The van der Waals surface area contributed by atoms with Crippen LogP contribution in [-0.2, 0) is 0 Å². The monoisotopic (exact) mass is 305 g/mol. The highest BCUT2D eigenvalue weighted by Crippen LogP contribution is 2.26. The summed E-state index contributed by atoms with van der Waals surface area (Å²) in [4.78, 5) is 19.8. The second-order valence-electron chi connectivity index (χ2n) is 7.23. The van der Waals surface area contributed by atoms with E-state index in [1.54, 1.807) is 11.1 Å². The summed E-state index contributed by atoms with van der Waals surface area (Å²) >= 11 is 0. The number of rotatable bonds is 3. The highest BCUT2D eigenvalue weighted by molar-refractivity contribution is 5.68. The minimum Gasteiger partial charge on any atom is -0.464 e. The average Bonchev–Trinajstić information content (AvgIpc) is 2.34. The predicted molar refractivity (Wildman–Crippen MR) is 83.2 cm³/mol. The van der Waals surface area contributed by atoms with Gasteiger partial charge in [0.05, 0.1) is 5.54 Å². The van der Waals surface area contributed by atoms with E-state index in [9.17, 15) is 9.90 Å². The van der Waals surface area contributed by atoms with Crippen LogP contribution in [0.25, 0.3) is 0 Å². The molecule has 0 spiro atoms. The van der Waals surface area contributed by atoms with Crippen LogP contribution in [0.15, 0.2) is 12.3 Å². The van der Waals surface area contributed by atoms with Crippen LogP contribution in [0.3, 0.4) is 0 Å². The molecule has 0 saturated carbocycles. The van der Waals surface area contributed by atoms with Gasteiger partial charge in [0.25, 0.3) is 0 Å². The molecule has 0 fully saturated rings. The predicted octanol–water partition coefficient (Wildman–Crippen LogP) is 2.89. The van der Waals surface area contributed by atoms with E-state index in [0.717, 1.165) is 0 Å². The van der Waals surface area contributed by atoms with Crippen molar-refractivity contribution < 1.29 is 9.90 Å². The van der Waals surface area contributed by atoms with Gasteiger partial charge < -0.3 is 5.11 Å². The zero-order valence-corrected chi connectivity index (χ0v) is 14.0. The largest absolute Gasteiger partial charge is 0.464 e. The van der Waals surface area contributed by atoms with Crippen LogP contribution in [0.2, 0.25) is 0 Å². The Kier molecular flexibility index (Phi) is 4.97. The molecule has 1 aromatic rings. The standard InChI is InChI=1S/C15H23N5O2/c1-14(2,3)10-19(20(13(21)22)15(4,5)6)12-7-8-17-11(9-16)18-12/h7-8H,10H2,1-6H3,(H,21,22). The quantitative estimate of drug-likeness (QED) is 0.863. The first-order valence-corrected chi connectivity index (χ1v) is 6.99. The first-order valence-electron chi connectivity index (χ1n) is 6.99. The van der Waals surface area contributed by atoms with Gasteiger partial charge >= 0.3 is 6.09 Å². The number of aromatic nitrogens is 2. The number of nitriles is 1. The summed E-state index contributed by atoms with van der Waals surface area (Å²) < 4.78 is 0. The summed E-state index contributed by atoms with van der Waals surface area (Å²) in [6.45, 7) is 11.9. The molecule has 0 aromatic carbocycles. The Balaban J connectivity index is 3.40. The SMILES string of the molecule is CC(C)(C)CN(c1ccnc(C#N)n1)N(C(=O)O)C(C)(C)C. The average molecular weight is 305 g/mol. The molecule has 0 bridgehead atoms. The summed E-state index contributed by atoms with van der Waals surface area (Å²) in [7, 11) is 0. The second-order valence-corrected chi connectivity index (χ2v) is 7.23. The molecule has 7 nitrogen and oxygen atoms in total. The van der Waals surface area contributed by atoms with E-state index in [2.05, 4.69) is 9.97 Å². The highest BCUT2D eigenvalue weighted by Gasteiger charge is 2.35. The number of hydrogen-bond donors (Lipinski definition) is 1. The van der Waals surface area contributed by atoms with Gasteiger partial charge in [0.1, 0.15) is 6.07 Å². The van der Waals surface area contributed by atoms with Crippen molar-refractivity contribution in [2.24, 2.45) is 5.41 Å². The van der Waals surface area contributed by atoms with Crippen LogP contribution >= 0.6 is 0 Å². The minimum absolute atomic E-state index is 0.00987. The number of hydrazine groups is 1. The van der Waals surface area contributed by atoms with Crippen molar-refractivity contribution in [2.75, 3.05) is 11.6 Å². The number of amides is 1. The zero-order chi connectivity index (χ0) is 17.1. The fourth-order valence-electron chi connectivity index (χ4n) is 2.00. The third-order valence-corrected chi connectivity index (χ3v) is 2.69. The lowest BCUT2D eigenvalue weighted by Gasteiger charge is -2.44. The molecule has 0 atom stereocenters. The van der Waals surface area contributed by atoms with E-state index in [1.165, 1.54) is 11.2 Å². The Hall–Kier alpha value is -2.36. The third-order valence-electron chi connectivity index (χ3n) is 2.69. The summed E-state index contributed by atoms with van der Waals surface area (Å²) in [5, 5.41) is 21.4. The van der Waals surface area contributed by atoms with E-state index in [1.807, 2.05) is 47.6 Å². The van der Waals surface area contributed by atoms with Crippen molar-refractivity contribution in [3.63, 3.8) is 0 Å². The lowest BCUT2D eigenvalue weighted by molar-refractivity contribution is 0.0845. The molecule has 1 rings (SSSR count). The fraction of sp³-hybridized carbons (Fsp3) is 0.600. The van der Waals surface area contributed by atoms with E-state index in [4.69, 9.17) is 5.26 Å². The zero-order valence-electron chi connectivity index (χ0n) is 14.0. The minimum atomic E-state index is -1.08. The molecule has 0 aliphatic rings. The maximum atomic E-state index is 11.8. The van der Waals surface area contributed by atoms with Gasteiger partial charge in [0.15, 0.2) is 5.82 Å². The molecule has 0 radical (unpaired) electrons. The smallest absolute Gasteiger partial charge is 0.426 e. The van der Waals surface area contributed by atoms with Gasteiger partial charge in [0.2, 0.25) is 5.82 Å². The van der Waals surface area contributed by atoms with Crippen molar-refractivity contribution in [1.82, 2.24) is 15.0 Å². The van der Waals surface area contributed by atoms with Crippen LogP contribution in [0.5, 0.6) is 0 Å². The van der Waals surface area contributed by atoms with Crippen molar-refractivity contribution in [3.8, 4) is 6.07 Å². The fourth-order valence-corrected chi connectivity index (χ4v) is 2.00. The molecule has 7 heteroatoms. The van der Waals surface area contributed by atoms with Gasteiger partial charge in [-0.25, -0.2) is 14.8 Å². The van der Waals surface area contributed by atoms with Crippen LogP contribution in [0, 0.1) is 16.7 Å². The summed E-state index contributed by atoms with van der Waals surface area (Å²) in [5.41, 5.74) is -0.828. The number of anilines is 1. The lowest BCUT2D eigenvalue weighted by Crippen LogP contribution is -2.58. The summed E-state index contributed by atoms with van der Waals surface area (Å²) in [6, 6.07) is 3.48. The van der Waals surface area contributed by atoms with Gasteiger partial charge in [-0.3, -0.25) is 5.01 Å². The van der Waals surface area contributed by atoms with E-state index in [0.29, 0.717) is 12.4 Å². The van der Waals surface area contributed by atoms with Crippen LogP contribution < -0.4 is 5.01 Å². The van der Waals surface area contributed by atoms with E-state index < -0.39 is 11.6 Å². The van der Waals surface area contributed by atoms with Gasteiger partial charge in [-0.05, 0) is 26.2 Å². The molecule has 1 amide bonds. The van der Waals surface area contributed by atoms with E-state index in [-0.39, 0.29) is 11.2 Å². The maximum Gasteiger partial charge on any atom is 0.426 e. The first-order chi connectivity index (χ1) is 9.95. The maximum absolute atomic E-state index is 11.8. The van der Waals surface area contributed by atoms with Crippen molar-refractivity contribution in [2.45, 2.75) is 47.1 Å². The molecule has 0 aliphatic carbocycles. The van der Waals surface area contributed by atoms with E-state index >= 15 is 0 Å². The van der Waals surface area contributed by atoms with Crippen molar-refractivity contribution in [3.05, 3.63) is 18.1 Å². The molecular formula is C15H23N5O2. The normalized spacial score (nSPS) is 11.7. The second kappa shape index (κ2) is 6.18. The van der Waals surface area contributed by atoms with Gasteiger partial charge in [-0.1, -0.05) is 20.8 Å². The number of carbonyl (C=O) groups is 1. The molecule has 0 unspecified atom stereocenters.